The van der Waals surface area contributed by atoms with E-state index in [4.69, 9.17) is 19.8 Å². The highest BCUT2D eigenvalue weighted by Crippen LogP contribution is 2.35. The summed E-state index contributed by atoms with van der Waals surface area (Å²) in [7, 11) is -3.32. The van der Waals surface area contributed by atoms with Crippen molar-refractivity contribution in [2.45, 2.75) is 32.4 Å². The Hall–Kier alpha value is -2.96. The van der Waals surface area contributed by atoms with Crippen LogP contribution in [0.4, 0.5) is 5.69 Å². The maximum absolute atomic E-state index is 12.3. The minimum atomic E-state index is -3.32. The van der Waals surface area contributed by atoms with Crippen LogP contribution in [0.15, 0.2) is 35.7 Å². The van der Waals surface area contributed by atoms with Crippen molar-refractivity contribution in [2.24, 2.45) is 0 Å². The summed E-state index contributed by atoms with van der Waals surface area (Å²) in [6, 6.07) is 9.43. The quantitative estimate of drug-likeness (QED) is 0.442. The fourth-order valence-corrected chi connectivity index (χ4v) is 5.15. The van der Waals surface area contributed by atoms with Gasteiger partial charge in [-0.05, 0) is 61.5 Å². The highest BCUT2D eigenvalue weighted by atomic mass is 32.2. The van der Waals surface area contributed by atoms with Crippen molar-refractivity contribution in [2.75, 3.05) is 24.1 Å². The van der Waals surface area contributed by atoms with Crippen LogP contribution in [0.3, 0.4) is 0 Å². The standard InChI is InChI=1S/C19H25N3O3S2.C2H2O4/c1-13-12-16-8-11-26-18(16)14(2)22(13)10-9-20-19(23)15-4-6-17(7-5-15)21-27(3,24)25;3-1(4)2(5)6/h4-8,11,13-14,21H,9-10,12H2,1-3H3,(H,20,23);(H,3,4)(H,5,6)/t13-,14-;/m0./s1. The van der Waals surface area contributed by atoms with E-state index in [1.807, 2.05) is 0 Å². The van der Waals surface area contributed by atoms with E-state index >= 15 is 0 Å². The summed E-state index contributed by atoms with van der Waals surface area (Å²) in [5.74, 6) is -3.81. The van der Waals surface area contributed by atoms with Crippen molar-refractivity contribution in [1.82, 2.24) is 10.2 Å². The molecule has 2 aromatic rings. The van der Waals surface area contributed by atoms with Gasteiger partial charge >= 0.3 is 11.9 Å². The number of nitrogens with one attached hydrogen (secondary N) is 2. The van der Waals surface area contributed by atoms with Crippen LogP contribution in [0.5, 0.6) is 0 Å². The molecule has 1 aromatic heterocycles. The number of rotatable bonds is 6. The second kappa shape index (κ2) is 11.3. The van der Waals surface area contributed by atoms with E-state index in [9.17, 15) is 13.2 Å². The maximum Gasteiger partial charge on any atom is 0.414 e. The van der Waals surface area contributed by atoms with Gasteiger partial charge in [-0.3, -0.25) is 14.4 Å². The second-order valence-electron chi connectivity index (χ2n) is 7.59. The Labute approximate surface area is 196 Å². The molecule has 0 fully saturated rings. The van der Waals surface area contributed by atoms with Gasteiger partial charge in [-0.15, -0.1) is 11.3 Å². The number of carbonyl (C=O) groups is 3. The predicted octanol–water partition coefficient (Wildman–Crippen LogP) is 2.01. The highest BCUT2D eigenvalue weighted by molar-refractivity contribution is 7.92. The topological polar surface area (TPSA) is 153 Å². The average molecular weight is 498 g/mol. The zero-order valence-corrected chi connectivity index (χ0v) is 20.1. The number of carboxylic acids is 2. The number of thiophene rings is 1. The summed E-state index contributed by atoms with van der Waals surface area (Å²) in [4.78, 5) is 34.4. The third-order valence-electron chi connectivity index (χ3n) is 5.03. The molecule has 1 aliphatic heterocycles. The number of sulfonamides is 1. The molecule has 10 nitrogen and oxygen atoms in total. The first-order chi connectivity index (χ1) is 15.4. The lowest BCUT2D eigenvalue weighted by molar-refractivity contribution is -0.159. The monoisotopic (exact) mass is 497 g/mol. The highest BCUT2D eigenvalue weighted by Gasteiger charge is 2.29. The Balaban J connectivity index is 0.000000569. The first-order valence-corrected chi connectivity index (χ1v) is 12.8. The van der Waals surface area contributed by atoms with Crippen molar-refractivity contribution in [3.8, 4) is 0 Å². The Morgan fingerprint density at radius 1 is 1.09 bits per heavy atom. The number of carboxylic acid groups (broad SMARTS) is 2. The molecule has 12 heteroatoms. The predicted molar refractivity (Wildman–Crippen MR) is 125 cm³/mol. The van der Waals surface area contributed by atoms with Crippen molar-refractivity contribution >= 4 is 44.9 Å². The lowest BCUT2D eigenvalue weighted by atomic mass is 9.97. The van der Waals surface area contributed by atoms with Crippen LogP contribution >= 0.6 is 11.3 Å². The van der Waals surface area contributed by atoms with Crippen LogP contribution in [0.1, 0.15) is 40.7 Å². The lowest BCUT2D eigenvalue weighted by Crippen LogP contribution is -2.44. The van der Waals surface area contributed by atoms with Crippen LogP contribution in [-0.4, -0.2) is 66.8 Å². The Kier molecular flexibility index (Phi) is 8.97. The molecule has 33 heavy (non-hydrogen) atoms. The first kappa shape index (κ1) is 26.3. The van der Waals surface area contributed by atoms with Crippen LogP contribution in [0, 0.1) is 0 Å². The molecule has 4 N–H and O–H groups in total. The minimum Gasteiger partial charge on any atom is -0.473 e. The molecular weight excluding hydrogens is 470 g/mol. The molecule has 2 heterocycles. The summed E-state index contributed by atoms with van der Waals surface area (Å²) in [6.45, 7) is 5.81. The van der Waals surface area contributed by atoms with Gasteiger partial charge in [-0.2, -0.15) is 0 Å². The Bertz CT molecular complexity index is 1090. The largest absolute Gasteiger partial charge is 0.473 e. The number of hydrogen-bond acceptors (Lipinski definition) is 7. The molecule has 0 unspecified atom stereocenters. The number of benzene rings is 1. The van der Waals surface area contributed by atoms with E-state index < -0.39 is 22.0 Å². The fraction of sp³-hybridized carbons (Fsp3) is 0.381. The number of anilines is 1. The third kappa shape index (κ3) is 7.84. The minimum absolute atomic E-state index is 0.157. The Morgan fingerprint density at radius 2 is 1.70 bits per heavy atom. The lowest BCUT2D eigenvalue weighted by Gasteiger charge is -2.38. The van der Waals surface area contributed by atoms with Crippen molar-refractivity contribution in [3.05, 3.63) is 51.7 Å². The molecule has 0 radical (unpaired) electrons. The zero-order valence-electron chi connectivity index (χ0n) is 18.4. The summed E-state index contributed by atoms with van der Waals surface area (Å²) in [6.07, 6.45) is 2.14. The number of nitrogens with zero attached hydrogens (tertiary/aromatic N) is 1. The summed E-state index contributed by atoms with van der Waals surface area (Å²) in [5.41, 5.74) is 2.40. The number of amides is 1. The van der Waals surface area contributed by atoms with Gasteiger partial charge in [0.15, 0.2) is 0 Å². The first-order valence-electron chi connectivity index (χ1n) is 10.0. The average Bonchev–Trinajstić information content (AvgIpc) is 3.18. The molecule has 180 valence electrons. The SMILES string of the molecule is C[C@H]1Cc2ccsc2[C@H](C)N1CCNC(=O)c1ccc(NS(C)(=O)=O)cc1.O=C(O)C(=O)O. The molecule has 0 aliphatic carbocycles. The molecule has 0 saturated heterocycles. The van der Waals surface area contributed by atoms with E-state index in [0.29, 0.717) is 29.9 Å². The summed E-state index contributed by atoms with van der Waals surface area (Å²) in [5, 5.41) is 19.9. The van der Waals surface area contributed by atoms with Crippen molar-refractivity contribution in [1.29, 1.82) is 0 Å². The van der Waals surface area contributed by atoms with Gasteiger partial charge < -0.3 is 15.5 Å². The van der Waals surface area contributed by atoms with E-state index in [0.717, 1.165) is 19.2 Å². The van der Waals surface area contributed by atoms with Crippen molar-refractivity contribution < 1.29 is 33.0 Å². The summed E-state index contributed by atoms with van der Waals surface area (Å²) < 4.78 is 24.8. The molecule has 0 bridgehead atoms. The van der Waals surface area contributed by atoms with Crippen LogP contribution in [-0.2, 0) is 26.0 Å². The van der Waals surface area contributed by atoms with Gasteiger partial charge in [0.05, 0.1) is 6.26 Å². The van der Waals surface area contributed by atoms with Gasteiger partial charge in [0.1, 0.15) is 0 Å². The molecule has 2 atom stereocenters. The normalized spacial score (nSPS) is 17.8. The fourth-order valence-electron chi connectivity index (χ4n) is 3.57. The van der Waals surface area contributed by atoms with Crippen LogP contribution in [0.25, 0.3) is 0 Å². The molecule has 0 spiro atoms. The molecular formula is C21H27N3O7S2. The van der Waals surface area contributed by atoms with E-state index in [1.54, 1.807) is 35.6 Å². The summed E-state index contributed by atoms with van der Waals surface area (Å²) >= 11 is 1.80. The molecule has 1 aromatic carbocycles. The van der Waals surface area contributed by atoms with Gasteiger partial charge in [0.2, 0.25) is 10.0 Å². The van der Waals surface area contributed by atoms with E-state index in [1.165, 1.54) is 10.4 Å². The van der Waals surface area contributed by atoms with Crippen molar-refractivity contribution in [3.63, 3.8) is 0 Å². The van der Waals surface area contributed by atoms with E-state index in [2.05, 4.69) is 40.2 Å². The number of aliphatic carboxylic acids is 2. The number of fused-ring (bicyclic) bond motifs is 1. The third-order valence-corrected chi connectivity index (χ3v) is 6.76. The van der Waals surface area contributed by atoms with E-state index in [-0.39, 0.29) is 5.91 Å². The van der Waals surface area contributed by atoms with Gasteiger partial charge in [0, 0.05) is 41.3 Å². The maximum atomic E-state index is 12.3. The molecule has 1 amide bonds. The van der Waals surface area contributed by atoms with Crippen LogP contribution < -0.4 is 10.0 Å². The van der Waals surface area contributed by atoms with Crippen LogP contribution in [0.2, 0.25) is 0 Å². The van der Waals surface area contributed by atoms with Gasteiger partial charge in [-0.25, -0.2) is 18.0 Å². The van der Waals surface area contributed by atoms with Gasteiger partial charge in [-0.1, -0.05) is 0 Å². The molecule has 0 saturated carbocycles. The van der Waals surface area contributed by atoms with Gasteiger partial charge in [0.25, 0.3) is 5.91 Å². The smallest absolute Gasteiger partial charge is 0.414 e. The number of hydrogen-bond donors (Lipinski definition) is 4. The second-order valence-corrected chi connectivity index (χ2v) is 10.3. The molecule has 3 rings (SSSR count). The zero-order chi connectivity index (χ0) is 24.8. The number of carbonyl (C=O) groups excluding carboxylic acids is 1. The Morgan fingerprint density at radius 3 is 2.24 bits per heavy atom. The molecule has 1 aliphatic rings.